The molecule has 1 atom stereocenters. The van der Waals surface area contributed by atoms with Gasteiger partial charge in [0.2, 0.25) is 0 Å². The SMILES string of the molecule is CCNC(c1ccoc1Cl)C1CCCCC1. The molecule has 1 aromatic rings. The van der Waals surface area contributed by atoms with Crippen molar-refractivity contribution in [2.75, 3.05) is 6.54 Å². The highest BCUT2D eigenvalue weighted by atomic mass is 35.5. The van der Waals surface area contributed by atoms with Gasteiger partial charge in [0.25, 0.3) is 0 Å². The molecule has 2 rings (SSSR count). The van der Waals surface area contributed by atoms with Gasteiger partial charge in [-0.2, -0.15) is 0 Å². The first kappa shape index (κ1) is 12.0. The van der Waals surface area contributed by atoms with Crippen molar-refractivity contribution in [1.82, 2.24) is 5.32 Å². The van der Waals surface area contributed by atoms with Crippen LogP contribution in [0, 0.1) is 5.92 Å². The highest BCUT2D eigenvalue weighted by molar-refractivity contribution is 6.29. The molecule has 1 aromatic heterocycles. The number of hydrogen-bond donors (Lipinski definition) is 1. The lowest BCUT2D eigenvalue weighted by molar-refractivity contribution is 0.273. The van der Waals surface area contributed by atoms with Gasteiger partial charge in [-0.1, -0.05) is 26.2 Å². The molecular weight excluding hydrogens is 222 g/mol. The maximum Gasteiger partial charge on any atom is 0.197 e. The van der Waals surface area contributed by atoms with Crippen LogP contribution in [0.5, 0.6) is 0 Å². The van der Waals surface area contributed by atoms with Crippen molar-refractivity contribution in [1.29, 1.82) is 0 Å². The molecule has 1 aliphatic carbocycles. The van der Waals surface area contributed by atoms with E-state index in [2.05, 4.69) is 12.2 Å². The third kappa shape index (κ3) is 2.61. The predicted molar refractivity (Wildman–Crippen MR) is 66.7 cm³/mol. The van der Waals surface area contributed by atoms with E-state index in [1.807, 2.05) is 6.07 Å². The van der Waals surface area contributed by atoms with Gasteiger partial charge in [0.1, 0.15) is 0 Å². The summed E-state index contributed by atoms with van der Waals surface area (Å²) >= 11 is 6.08. The fourth-order valence-electron chi connectivity index (χ4n) is 2.74. The van der Waals surface area contributed by atoms with Crippen molar-refractivity contribution >= 4 is 11.6 Å². The second kappa shape index (κ2) is 5.74. The van der Waals surface area contributed by atoms with Crippen molar-refractivity contribution in [2.45, 2.75) is 45.1 Å². The first-order chi connectivity index (χ1) is 7.83. The molecule has 16 heavy (non-hydrogen) atoms. The van der Waals surface area contributed by atoms with Gasteiger partial charge >= 0.3 is 0 Å². The van der Waals surface area contributed by atoms with Crippen LogP contribution in [0.2, 0.25) is 5.22 Å². The lowest BCUT2D eigenvalue weighted by Gasteiger charge is -2.30. The van der Waals surface area contributed by atoms with E-state index >= 15 is 0 Å². The fourth-order valence-corrected chi connectivity index (χ4v) is 2.98. The number of furan rings is 1. The summed E-state index contributed by atoms with van der Waals surface area (Å²) < 4.78 is 5.21. The Bertz CT molecular complexity index is 317. The summed E-state index contributed by atoms with van der Waals surface area (Å²) in [4.78, 5) is 0. The van der Waals surface area contributed by atoms with E-state index in [0.717, 1.165) is 12.1 Å². The van der Waals surface area contributed by atoms with Gasteiger partial charge in [-0.05, 0) is 43.0 Å². The molecule has 0 bridgehead atoms. The summed E-state index contributed by atoms with van der Waals surface area (Å²) in [5.74, 6) is 0.712. The Morgan fingerprint density at radius 3 is 2.75 bits per heavy atom. The van der Waals surface area contributed by atoms with Crippen LogP contribution in [0.3, 0.4) is 0 Å². The van der Waals surface area contributed by atoms with Gasteiger partial charge in [-0.3, -0.25) is 0 Å². The molecule has 0 radical (unpaired) electrons. The van der Waals surface area contributed by atoms with Crippen molar-refractivity contribution in [3.63, 3.8) is 0 Å². The largest absolute Gasteiger partial charge is 0.453 e. The summed E-state index contributed by atoms with van der Waals surface area (Å²) in [5.41, 5.74) is 1.13. The zero-order valence-electron chi connectivity index (χ0n) is 9.84. The predicted octanol–water partition coefficient (Wildman–Crippen LogP) is 4.16. The van der Waals surface area contributed by atoms with E-state index in [-0.39, 0.29) is 0 Å². The van der Waals surface area contributed by atoms with Crippen LogP contribution in [-0.2, 0) is 0 Å². The second-order valence-corrected chi connectivity index (χ2v) is 4.93. The average Bonchev–Trinajstić information content (AvgIpc) is 2.73. The number of nitrogens with one attached hydrogen (secondary N) is 1. The normalized spacial score (nSPS) is 19.9. The third-order valence-corrected chi connectivity index (χ3v) is 3.83. The molecule has 1 N–H and O–H groups in total. The molecule has 1 unspecified atom stereocenters. The van der Waals surface area contributed by atoms with Crippen molar-refractivity contribution in [3.05, 3.63) is 23.1 Å². The van der Waals surface area contributed by atoms with Gasteiger partial charge in [0.05, 0.1) is 6.26 Å². The summed E-state index contributed by atoms with van der Waals surface area (Å²) in [5, 5.41) is 4.10. The number of hydrogen-bond acceptors (Lipinski definition) is 2. The Labute approximate surface area is 102 Å². The molecule has 1 fully saturated rings. The first-order valence-corrected chi connectivity index (χ1v) is 6.67. The molecule has 0 aliphatic heterocycles. The Morgan fingerprint density at radius 1 is 1.44 bits per heavy atom. The summed E-state index contributed by atoms with van der Waals surface area (Å²) in [6, 6.07) is 2.38. The van der Waals surface area contributed by atoms with Crippen LogP contribution in [0.4, 0.5) is 0 Å². The molecule has 2 nitrogen and oxygen atoms in total. The molecule has 3 heteroatoms. The minimum Gasteiger partial charge on any atom is -0.453 e. The minimum atomic E-state index is 0.372. The van der Waals surface area contributed by atoms with Crippen LogP contribution in [0.25, 0.3) is 0 Å². The van der Waals surface area contributed by atoms with Crippen molar-refractivity contribution in [2.24, 2.45) is 5.92 Å². The lowest BCUT2D eigenvalue weighted by Crippen LogP contribution is -2.29. The molecule has 1 heterocycles. The van der Waals surface area contributed by atoms with E-state index in [4.69, 9.17) is 16.0 Å². The van der Waals surface area contributed by atoms with Gasteiger partial charge in [-0.15, -0.1) is 0 Å². The smallest absolute Gasteiger partial charge is 0.197 e. The highest BCUT2D eigenvalue weighted by Crippen LogP contribution is 2.37. The zero-order valence-corrected chi connectivity index (χ0v) is 10.6. The molecular formula is C13H20ClNO. The van der Waals surface area contributed by atoms with E-state index in [1.54, 1.807) is 6.26 Å². The maximum atomic E-state index is 6.08. The van der Waals surface area contributed by atoms with Crippen LogP contribution in [-0.4, -0.2) is 6.54 Å². The van der Waals surface area contributed by atoms with Crippen LogP contribution >= 0.6 is 11.6 Å². The number of halogens is 1. The molecule has 0 amide bonds. The number of rotatable bonds is 4. The molecule has 0 aromatic carbocycles. The molecule has 90 valence electrons. The Kier molecular flexibility index (Phi) is 4.30. The fraction of sp³-hybridized carbons (Fsp3) is 0.692. The van der Waals surface area contributed by atoms with Crippen molar-refractivity contribution in [3.8, 4) is 0 Å². The van der Waals surface area contributed by atoms with E-state index in [1.165, 1.54) is 32.1 Å². The molecule has 1 saturated carbocycles. The highest BCUT2D eigenvalue weighted by Gasteiger charge is 2.26. The van der Waals surface area contributed by atoms with E-state index in [0.29, 0.717) is 17.2 Å². The molecule has 1 aliphatic rings. The lowest BCUT2D eigenvalue weighted by atomic mass is 9.82. The Hall–Kier alpha value is -0.470. The van der Waals surface area contributed by atoms with Crippen LogP contribution < -0.4 is 5.32 Å². The monoisotopic (exact) mass is 241 g/mol. The zero-order chi connectivity index (χ0) is 11.4. The first-order valence-electron chi connectivity index (χ1n) is 6.29. The summed E-state index contributed by atoms with van der Waals surface area (Å²) in [6.07, 6.45) is 8.38. The topological polar surface area (TPSA) is 25.2 Å². The van der Waals surface area contributed by atoms with Gasteiger partial charge in [0.15, 0.2) is 5.22 Å². The maximum absolute atomic E-state index is 6.08. The standard InChI is InChI=1S/C13H20ClNO/c1-2-15-12(10-6-4-3-5-7-10)11-8-9-16-13(11)14/h8-10,12,15H,2-7H2,1H3. The second-order valence-electron chi connectivity index (χ2n) is 4.58. The molecule has 0 saturated heterocycles. The average molecular weight is 242 g/mol. The molecule has 0 spiro atoms. The van der Waals surface area contributed by atoms with E-state index < -0.39 is 0 Å². The summed E-state index contributed by atoms with van der Waals surface area (Å²) in [7, 11) is 0. The summed E-state index contributed by atoms with van der Waals surface area (Å²) in [6.45, 7) is 3.12. The third-order valence-electron chi connectivity index (χ3n) is 3.53. The van der Waals surface area contributed by atoms with Gasteiger partial charge < -0.3 is 9.73 Å². The van der Waals surface area contributed by atoms with Gasteiger partial charge in [0, 0.05) is 11.6 Å². The van der Waals surface area contributed by atoms with Crippen LogP contribution in [0.1, 0.15) is 50.6 Å². The van der Waals surface area contributed by atoms with Crippen molar-refractivity contribution < 1.29 is 4.42 Å². The minimum absolute atomic E-state index is 0.372. The van der Waals surface area contributed by atoms with Gasteiger partial charge in [-0.25, -0.2) is 0 Å². The Balaban J connectivity index is 2.12. The van der Waals surface area contributed by atoms with Crippen LogP contribution in [0.15, 0.2) is 16.7 Å². The quantitative estimate of drug-likeness (QED) is 0.856. The van der Waals surface area contributed by atoms with E-state index in [9.17, 15) is 0 Å². The Morgan fingerprint density at radius 2 is 2.19 bits per heavy atom.